The molecule has 1 saturated heterocycles. The Balaban J connectivity index is 2.66. The third-order valence-electron chi connectivity index (χ3n) is 2.16. The topological polar surface area (TPSA) is 76.0 Å². The minimum absolute atomic E-state index is 0.224. The first-order valence-corrected chi connectivity index (χ1v) is 4.56. The Hall–Kier alpha value is -0.650. The Morgan fingerprint density at radius 3 is 2.50 bits per heavy atom. The van der Waals surface area contributed by atoms with Crippen molar-refractivity contribution in [3.8, 4) is 0 Å². The number of aliphatic hydroxyl groups is 2. The van der Waals surface area contributed by atoms with Gasteiger partial charge in [0.05, 0.1) is 6.61 Å². The fraction of sp³-hybridized carbons (Fsp3) is 0.889. The van der Waals surface area contributed by atoms with E-state index in [1.54, 1.807) is 6.92 Å². The highest BCUT2D eigenvalue weighted by atomic mass is 16.7. The number of carbonyl (C=O) groups excluding carboxylic acids is 1. The minimum Gasteiger partial charge on any atom is -0.458 e. The summed E-state index contributed by atoms with van der Waals surface area (Å²) >= 11 is 0. The average Bonchev–Trinajstić information content (AvgIpc) is 2.29. The molecule has 0 aliphatic carbocycles. The smallest absolute Gasteiger partial charge is 0.336 e. The number of ether oxygens (including phenoxy) is 2. The molecule has 1 rings (SSSR count). The van der Waals surface area contributed by atoms with Gasteiger partial charge in [0.1, 0.15) is 6.10 Å². The second-order valence-corrected chi connectivity index (χ2v) is 4.00. The van der Waals surface area contributed by atoms with E-state index in [0.29, 0.717) is 0 Å². The maximum atomic E-state index is 11.3. The van der Waals surface area contributed by atoms with Gasteiger partial charge in [-0.3, -0.25) is 0 Å². The number of hydrogen-bond acceptors (Lipinski definition) is 5. The molecule has 2 N–H and O–H groups in total. The highest BCUT2D eigenvalue weighted by Crippen LogP contribution is 2.27. The molecular formula is C9H16O5. The first-order chi connectivity index (χ1) is 6.35. The molecule has 5 nitrogen and oxygen atoms in total. The summed E-state index contributed by atoms with van der Waals surface area (Å²) < 4.78 is 9.98. The van der Waals surface area contributed by atoms with Crippen LogP contribution < -0.4 is 0 Å². The van der Waals surface area contributed by atoms with Crippen molar-refractivity contribution in [1.82, 2.24) is 0 Å². The maximum Gasteiger partial charge on any atom is 0.336 e. The van der Waals surface area contributed by atoms with Crippen molar-refractivity contribution in [2.75, 3.05) is 6.61 Å². The molecule has 1 aliphatic heterocycles. The largest absolute Gasteiger partial charge is 0.458 e. The average molecular weight is 204 g/mol. The summed E-state index contributed by atoms with van der Waals surface area (Å²) in [6, 6.07) is 0. The summed E-state index contributed by atoms with van der Waals surface area (Å²) in [6.07, 6.45) is -1.33. The van der Waals surface area contributed by atoms with Crippen LogP contribution in [0.2, 0.25) is 0 Å². The predicted molar refractivity (Wildman–Crippen MR) is 47.3 cm³/mol. The Morgan fingerprint density at radius 2 is 2.14 bits per heavy atom. The van der Waals surface area contributed by atoms with Gasteiger partial charge in [0.25, 0.3) is 0 Å². The molecule has 1 heterocycles. The molecule has 0 radical (unpaired) electrons. The van der Waals surface area contributed by atoms with Gasteiger partial charge < -0.3 is 19.7 Å². The zero-order valence-corrected chi connectivity index (χ0v) is 8.56. The van der Waals surface area contributed by atoms with E-state index < -0.39 is 24.0 Å². The van der Waals surface area contributed by atoms with Crippen molar-refractivity contribution in [1.29, 1.82) is 0 Å². The Morgan fingerprint density at radius 1 is 1.57 bits per heavy atom. The Labute approximate surface area is 82.6 Å². The van der Waals surface area contributed by atoms with E-state index in [2.05, 4.69) is 0 Å². The molecule has 0 saturated carbocycles. The lowest BCUT2D eigenvalue weighted by molar-refractivity contribution is -0.212. The molecule has 1 aliphatic rings. The third-order valence-corrected chi connectivity index (χ3v) is 2.16. The molecule has 0 aromatic heterocycles. The summed E-state index contributed by atoms with van der Waals surface area (Å²) in [5.41, 5.74) is 0. The number of cyclic esters (lactones) is 1. The van der Waals surface area contributed by atoms with Crippen LogP contribution in [0.1, 0.15) is 20.8 Å². The number of carbonyl (C=O) groups is 1. The first kappa shape index (κ1) is 11.4. The van der Waals surface area contributed by atoms with Gasteiger partial charge >= 0.3 is 5.97 Å². The Kier molecular flexibility index (Phi) is 3.14. The summed E-state index contributed by atoms with van der Waals surface area (Å²) in [7, 11) is 0. The van der Waals surface area contributed by atoms with E-state index in [1.807, 2.05) is 0 Å². The monoisotopic (exact) mass is 204 g/mol. The fourth-order valence-electron chi connectivity index (χ4n) is 1.40. The van der Waals surface area contributed by atoms with Crippen LogP contribution in [0.3, 0.4) is 0 Å². The molecule has 1 unspecified atom stereocenters. The van der Waals surface area contributed by atoms with Crippen LogP contribution in [0.25, 0.3) is 0 Å². The normalized spacial score (nSPS) is 33.2. The molecule has 3 atom stereocenters. The second kappa shape index (κ2) is 3.84. The van der Waals surface area contributed by atoms with Gasteiger partial charge in [0.15, 0.2) is 11.9 Å². The van der Waals surface area contributed by atoms with E-state index in [9.17, 15) is 9.90 Å². The van der Waals surface area contributed by atoms with Crippen molar-refractivity contribution in [2.45, 2.75) is 38.8 Å². The van der Waals surface area contributed by atoms with Crippen LogP contribution in [0, 0.1) is 5.92 Å². The molecule has 82 valence electrons. The van der Waals surface area contributed by atoms with Gasteiger partial charge in [0.2, 0.25) is 0 Å². The molecule has 0 spiro atoms. The first-order valence-electron chi connectivity index (χ1n) is 4.56. The van der Waals surface area contributed by atoms with E-state index in [4.69, 9.17) is 14.6 Å². The summed E-state index contributed by atoms with van der Waals surface area (Å²) in [5.74, 6) is -2.15. The van der Waals surface area contributed by atoms with Crippen LogP contribution in [0.4, 0.5) is 0 Å². The molecule has 14 heavy (non-hydrogen) atoms. The quantitative estimate of drug-likeness (QED) is 0.485. The van der Waals surface area contributed by atoms with E-state index in [-0.39, 0.29) is 12.5 Å². The van der Waals surface area contributed by atoms with Crippen LogP contribution in [0.15, 0.2) is 0 Å². The standard InChI is InChI=1S/C9H16O5/c1-5-6(4-10)13-8(11)7(5)14-9(2,3)12/h5-7,10,12H,4H2,1-3H3/t5-,6?,7-/m1/s1. The lowest BCUT2D eigenvalue weighted by Gasteiger charge is -2.23. The van der Waals surface area contributed by atoms with Gasteiger partial charge in [-0.2, -0.15) is 0 Å². The molecule has 0 aromatic carbocycles. The second-order valence-electron chi connectivity index (χ2n) is 4.00. The van der Waals surface area contributed by atoms with E-state index in [1.165, 1.54) is 13.8 Å². The number of hydrogen-bond donors (Lipinski definition) is 2. The van der Waals surface area contributed by atoms with Crippen LogP contribution in [-0.2, 0) is 14.3 Å². The zero-order valence-electron chi connectivity index (χ0n) is 8.56. The Bertz CT molecular complexity index is 220. The molecule has 1 fully saturated rings. The minimum atomic E-state index is -1.37. The lowest BCUT2D eigenvalue weighted by Crippen LogP contribution is -2.36. The van der Waals surface area contributed by atoms with Crippen molar-refractivity contribution in [3.63, 3.8) is 0 Å². The van der Waals surface area contributed by atoms with Gasteiger partial charge in [-0.1, -0.05) is 6.92 Å². The van der Waals surface area contributed by atoms with Gasteiger partial charge in [-0.05, 0) is 13.8 Å². The number of esters is 1. The highest BCUT2D eigenvalue weighted by molar-refractivity contribution is 5.77. The van der Waals surface area contributed by atoms with Crippen LogP contribution in [-0.4, -0.2) is 40.8 Å². The molecule has 0 aromatic rings. The third kappa shape index (κ3) is 2.43. The van der Waals surface area contributed by atoms with Gasteiger partial charge in [-0.25, -0.2) is 4.79 Å². The molecule has 0 amide bonds. The van der Waals surface area contributed by atoms with E-state index >= 15 is 0 Å². The SMILES string of the molecule is C[C@@H]1C(CO)OC(=O)[C@@H]1OC(C)(C)O. The van der Waals surface area contributed by atoms with Crippen molar-refractivity contribution < 1.29 is 24.5 Å². The van der Waals surface area contributed by atoms with Gasteiger partial charge in [0, 0.05) is 5.92 Å². The number of aliphatic hydroxyl groups excluding tert-OH is 1. The number of rotatable bonds is 3. The molecule has 5 heteroatoms. The van der Waals surface area contributed by atoms with Crippen LogP contribution >= 0.6 is 0 Å². The van der Waals surface area contributed by atoms with Crippen LogP contribution in [0.5, 0.6) is 0 Å². The van der Waals surface area contributed by atoms with Crippen molar-refractivity contribution >= 4 is 5.97 Å². The summed E-state index contributed by atoms with van der Waals surface area (Å²) in [4.78, 5) is 11.3. The molecular weight excluding hydrogens is 188 g/mol. The lowest BCUT2D eigenvalue weighted by atomic mass is 10.0. The zero-order chi connectivity index (χ0) is 10.9. The highest BCUT2D eigenvalue weighted by Gasteiger charge is 2.44. The summed E-state index contributed by atoms with van der Waals surface area (Å²) in [6.45, 7) is 4.40. The van der Waals surface area contributed by atoms with Crippen molar-refractivity contribution in [2.24, 2.45) is 5.92 Å². The van der Waals surface area contributed by atoms with Gasteiger partial charge in [-0.15, -0.1) is 0 Å². The summed E-state index contributed by atoms with van der Waals surface area (Å²) in [5, 5.41) is 18.3. The fourth-order valence-corrected chi connectivity index (χ4v) is 1.40. The predicted octanol–water partition coefficient (Wildman–Crippen LogP) is -0.346. The molecule has 0 bridgehead atoms. The van der Waals surface area contributed by atoms with Crippen molar-refractivity contribution in [3.05, 3.63) is 0 Å². The maximum absolute atomic E-state index is 11.3. The van der Waals surface area contributed by atoms with E-state index in [0.717, 1.165) is 0 Å².